The number of morpholine rings is 1. The largest absolute Gasteiger partial charge is 0.486 e. The van der Waals surface area contributed by atoms with Gasteiger partial charge in [0.25, 0.3) is 0 Å². The van der Waals surface area contributed by atoms with Crippen LogP contribution in [0.2, 0.25) is 5.02 Å². The maximum absolute atomic E-state index is 13.2. The molecule has 8 heteroatoms. The molecule has 5 rings (SSSR count). The van der Waals surface area contributed by atoms with Gasteiger partial charge in [0.2, 0.25) is 5.91 Å². The van der Waals surface area contributed by atoms with Gasteiger partial charge in [0.1, 0.15) is 24.7 Å². The molecule has 1 saturated heterocycles. The Morgan fingerprint density at radius 3 is 2.59 bits per heavy atom. The monoisotopic (exact) mass is 476 g/mol. The van der Waals surface area contributed by atoms with Gasteiger partial charge in [-0.2, -0.15) is 0 Å². The normalized spacial score (nSPS) is 13.7. The molecule has 0 bridgehead atoms. The third-order valence-corrected chi connectivity index (χ3v) is 6.04. The fourth-order valence-corrected chi connectivity index (χ4v) is 4.43. The van der Waals surface area contributed by atoms with Crippen molar-refractivity contribution in [2.75, 3.05) is 36.5 Å². The third-order valence-electron chi connectivity index (χ3n) is 5.73. The number of nitrogens with zero attached hydrogens (tertiary/aromatic N) is 3. The van der Waals surface area contributed by atoms with Crippen molar-refractivity contribution in [2.24, 2.45) is 0 Å². The molecule has 7 nitrogen and oxygen atoms in total. The fourth-order valence-electron chi connectivity index (χ4n) is 4.13. The summed E-state index contributed by atoms with van der Waals surface area (Å²) in [5.41, 5.74) is 3.21. The second kappa shape index (κ2) is 10.2. The van der Waals surface area contributed by atoms with E-state index in [2.05, 4.69) is 10.2 Å². The zero-order chi connectivity index (χ0) is 23.3. The number of halogens is 1. The molecule has 4 aromatic rings. The van der Waals surface area contributed by atoms with Crippen LogP contribution >= 0.6 is 11.6 Å². The molecule has 1 N–H and O–H groups in total. The molecule has 34 heavy (non-hydrogen) atoms. The quantitative estimate of drug-likeness (QED) is 0.417. The number of carbonyl (C=O) groups excluding carboxylic acids is 1. The zero-order valence-electron chi connectivity index (χ0n) is 18.6. The summed E-state index contributed by atoms with van der Waals surface area (Å²) in [4.78, 5) is 20.1. The minimum absolute atomic E-state index is 0.100. The van der Waals surface area contributed by atoms with E-state index >= 15 is 0 Å². The SMILES string of the molecule is O=C(Cn1c(COc2ccccc2)nc2ccccc21)Nc1cccc(Cl)c1N1CCOCC1. The molecular weight excluding hydrogens is 452 g/mol. The Bertz CT molecular complexity index is 1290. The first-order chi connectivity index (χ1) is 16.7. The summed E-state index contributed by atoms with van der Waals surface area (Å²) in [5.74, 6) is 1.26. The van der Waals surface area contributed by atoms with Crippen molar-refractivity contribution in [1.82, 2.24) is 9.55 Å². The van der Waals surface area contributed by atoms with Crippen LogP contribution in [-0.2, 0) is 22.7 Å². The summed E-state index contributed by atoms with van der Waals surface area (Å²) >= 11 is 6.53. The van der Waals surface area contributed by atoms with Crippen molar-refractivity contribution in [3.05, 3.63) is 83.6 Å². The number of fused-ring (bicyclic) bond motifs is 1. The Hall–Kier alpha value is -3.55. The second-order valence-corrected chi connectivity index (χ2v) is 8.40. The van der Waals surface area contributed by atoms with Gasteiger partial charge in [-0.3, -0.25) is 4.79 Å². The molecule has 1 aromatic heterocycles. The number of anilines is 2. The van der Waals surface area contributed by atoms with Crippen molar-refractivity contribution in [2.45, 2.75) is 13.2 Å². The average Bonchev–Trinajstić information content (AvgIpc) is 3.21. The van der Waals surface area contributed by atoms with Crippen LogP contribution in [0.4, 0.5) is 11.4 Å². The maximum atomic E-state index is 13.2. The lowest BCUT2D eigenvalue weighted by Crippen LogP contribution is -2.37. The lowest BCUT2D eigenvalue weighted by Gasteiger charge is -2.31. The average molecular weight is 477 g/mol. The minimum atomic E-state index is -0.166. The van der Waals surface area contributed by atoms with E-state index in [4.69, 9.17) is 26.1 Å². The van der Waals surface area contributed by atoms with Gasteiger partial charge < -0.3 is 24.3 Å². The Kier molecular flexibility index (Phi) is 6.65. The number of benzene rings is 3. The first-order valence-corrected chi connectivity index (χ1v) is 11.6. The van der Waals surface area contributed by atoms with Crippen molar-refractivity contribution < 1.29 is 14.3 Å². The van der Waals surface area contributed by atoms with Gasteiger partial charge in [0.05, 0.1) is 40.6 Å². The zero-order valence-corrected chi connectivity index (χ0v) is 19.4. The standard InChI is InChI=1S/C26H25ClN4O3/c27-20-9-6-11-22(26(20)30-13-15-33-16-14-30)29-25(32)17-31-23-12-5-4-10-21(23)28-24(31)18-34-19-7-2-1-3-8-19/h1-12H,13-18H2,(H,29,32). The number of rotatable bonds is 7. The van der Waals surface area contributed by atoms with Crippen LogP contribution in [0.15, 0.2) is 72.8 Å². The molecule has 174 valence electrons. The van der Waals surface area contributed by atoms with E-state index in [-0.39, 0.29) is 19.1 Å². The number of carbonyl (C=O) groups is 1. The molecule has 0 saturated carbocycles. The smallest absolute Gasteiger partial charge is 0.244 e. The second-order valence-electron chi connectivity index (χ2n) is 7.99. The van der Waals surface area contributed by atoms with Crippen LogP contribution in [-0.4, -0.2) is 41.8 Å². The van der Waals surface area contributed by atoms with Crippen molar-refractivity contribution in [3.8, 4) is 5.75 Å². The number of aromatic nitrogens is 2. The van der Waals surface area contributed by atoms with Gasteiger partial charge in [-0.25, -0.2) is 4.98 Å². The minimum Gasteiger partial charge on any atom is -0.486 e. The summed E-state index contributed by atoms with van der Waals surface area (Å²) < 4.78 is 13.3. The summed E-state index contributed by atoms with van der Waals surface area (Å²) in [7, 11) is 0. The predicted molar refractivity (Wildman–Crippen MR) is 134 cm³/mol. The highest BCUT2D eigenvalue weighted by Gasteiger charge is 2.20. The van der Waals surface area contributed by atoms with Gasteiger partial charge in [-0.05, 0) is 36.4 Å². The molecule has 1 fully saturated rings. The Morgan fingerprint density at radius 1 is 1.00 bits per heavy atom. The van der Waals surface area contributed by atoms with Crippen LogP contribution < -0.4 is 15.0 Å². The number of amides is 1. The van der Waals surface area contributed by atoms with E-state index in [1.165, 1.54) is 0 Å². The van der Waals surface area contributed by atoms with E-state index < -0.39 is 0 Å². The molecule has 0 atom stereocenters. The first kappa shape index (κ1) is 22.3. The van der Waals surface area contributed by atoms with Gasteiger partial charge in [0, 0.05) is 13.1 Å². The van der Waals surface area contributed by atoms with E-state index in [0.717, 1.165) is 35.6 Å². The predicted octanol–water partition coefficient (Wildman–Crippen LogP) is 4.74. The molecule has 1 aliphatic heterocycles. The number of para-hydroxylation sites is 4. The molecule has 0 spiro atoms. The lowest BCUT2D eigenvalue weighted by molar-refractivity contribution is -0.116. The van der Waals surface area contributed by atoms with Crippen LogP contribution in [0.25, 0.3) is 11.0 Å². The van der Waals surface area contributed by atoms with E-state index in [9.17, 15) is 4.79 Å². The molecule has 2 heterocycles. The number of hydrogen-bond donors (Lipinski definition) is 1. The Balaban J connectivity index is 1.38. The van der Waals surface area contributed by atoms with Crippen LogP contribution in [0.5, 0.6) is 5.75 Å². The summed E-state index contributed by atoms with van der Waals surface area (Å²) in [6.07, 6.45) is 0. The van der Waals surface area contributed by atoms with E-state index in [1.54, 1.807) is 0 Å². The molecule has 0 radical (unpaired) electrons. The first-order valence-electron chi connectivity index (χ1n) is 11.2. The molecule has 0 aliphatic carbocycles. The highest BCUT2D eigenvalue weighted by molar-refractivity contribution is 6.34. The summed E-state index contributed by atoms with van der Waals surface area (Å²) in [5, 5.41) is 3.66. The topological polar surface area (TPSA) is 68.6 Å². The third kappa shape index (κ3) is 4.85. The number of ether oxygens (including phenoxy) is 2. The molecular formula is C26H25ClN4O3. The van der Waals surface area contributed by atoms with Crippen LogP contribution in [0.1, 0.15) is 5.82 Å². The highest BCUT2D eigenvalue weighted by atomic mass is 35.5. The van der Waals surface area contributed by atoms with Crippen molar-refractivity contribution in [3.63, 3.8) is 0 Å². The fraction of sp³-hybridized carbons (Fsp3) is 0.231. The van der Waals surface area contributed by atoms with E-state index in [1.807, 2.05) is 77.4 Å². The summed E-state index contributed by atoms with van der Waals surface area (Å²) in [6, 6.07) is 22.9. The van der Waals surface area contributed by atoms with Crippen molar-refractivity contribution >= 4 is 39.9 Å². The van der Waals surface area contributed by atoms with Gasteiger partial charge in [0.15, 0.2) is 0 Å². The van der Waals surface area contributed by atoms with E-state index in [0.29, 0.717) is 29.7 Å². The molecule has 0 unspecified atom stereocenters. The molecule has 3 aromatic carbocycles. The number of nitrogens with one attached hydrogen (secondary N) is 1. The van der Waals surface area contributed by atoms with Crippen LogP contribution in [0, 0.1) is 0 Å². The van der Waals surface area contributed by atoms with Crippen molar-refractivity contribution in [1.29, 1.82) is 0 Å². The highest BCUT2D eigenvalue weighted by Crippen LogP contribution is 2.34. The maximum Gasteiger partial charge on any atom is 0.244 e. The Labute approximate surface area is 202 Å². The van der Waals surface area contributed by atoms with Gasteiger partial charge in [-0.1, -0.05) is 48.0 Å². The lowest BCUT2D eigenvalue weighted by atomic mass is 10.2. The molecule has 1 amide bonds. The summed E-state index contributed by atoms with van der Waals surface area (Å²) in [6.45, 7) is 3.06. The number of imidazole rings is 1. The van der Waals surface area contributed by atoms with Gasteiger partial charge >= 0.3 is 0 Å². The molecule has 1 aliphatic rings. The Morgan fingerprint density at radius 2 is 1.76 bits per heavy atom. The number of hydrogen-bond acceptors (Lipinski definition) is 5. The van der Waals surface area contributed by atoms with Gasteiger partial charge in [-0.15, -0.1) is 0 Å². The van der Waals surface area contributed by atoms with Crippen LogP contribution in [0.3, 0.4) is 0 Å².